The van der Waals surface area contributed by atoms with Gasteiger partial charge < -0.3 is 10.5 Å². The summed E-state index contributed by atoms with van der Waals surface area (Å²) in [5, 5.41) is 1.97. The third-order valence-corrected chi connectivity index (χ3v) is 1.91. The van der Waals surface area contributed by atoms with Crippen LogP contribution in [0.1, 0.15) is 15.9 Å². The molecule has 0 bridgehead atoms. The zero-order valence-corrected chi connectivity index (χ0v) is 8.53. The van der Waals surface area contributed by atoms with E-state index in [-0.39, 0.29) is 0 Å². The quantitative estimate of drug-likeness (QED) is 0.754. The molecule has 0 aliphatic carbocycles. The summed E-state index contributed by atoms with van der Waals surface area (Å²) in [4.78, 5) is 21.8. The van der Waals surface area contributed by atoms with Crippen molar-refractivity contribution >= 4 is 11.9 Å². The molecule has 0 aliphatic rings. The topological polar surface area (TPSA) is 81.4 Å². The first-order valence-electron chi connectivity index (χ1n) is 4.30. The zero-order valence-electron chi connectivity index (χ0n) is 8.53. The average Bonchev–Trinajstić information content (AvgIpc) is 2.17. The maximum atomic E-state index is 11.4. The fourth-order valence-corrected chi connectivity index (χ4v) is 1.15. The lowest BCUT2D eigenvalue weighted by Gasteiger charge is -2.06. The van der Waals surface area contributed by atoms with Crippen LogP contribution >= 0.6 is 0 Å². The fourth-order valence-electron chi connectivity index (χ4n) is 1.15. The summed E-state index contributed by atoms with van der Waals surface area (Å²) in [5.41, 5.74) is 6.07. The van der Waals surface area contributed by atoms with Gasteiger partial charge in [-0.3, -0.25) is 10.1 Å². The molecule has 15 heavy (non-hydrogen) atoms. The predicted molar refractivity (Wildman–Crippen MR) is 54.8 cm³/mol. The molecular formula is C10H12N2O3. The van der Waals surface area contributed by atoms with E-state index in [4.69, 9.17) is 10.5 Å². The molecular weight excluding hydrogens is 196 g/mol. The van der Waals surface area contributed by atoms with Crippen LogP contribution in [-0.2, 0) is 0 Å². The number of hydrogen-bond acceptors (Lipinski definition) is 3. The average molecular weight is 208 g/mol. The highest BCUT2D eigenvalue weighted by Crippen LogP contribution is 2.18. The van der Waals surface area contributed by atoms with Crippen molar-refractivity contribution in [3.05, 3.63) is 29.3 Å². The summed E-state index contributed by atoms with van der Waals surface area (Å²) in [6, 6.07) is 4.00. The first-order chi connectivity index (χ1) is 7.04. The van der Waals surface area contributed by atoms with E-state index in [1.165, 1.54) is 7.11 Å². The molecule has 80 valence electrons. The molecule has 1 aromatic carbocycles. The number of carbonyl (C=O) groups excluding carboxylic acids is 2. The van der Waals surface area contributed by atoms with Gasteiger partial charge in [0.05, 0.1) is 7.11 Å². The number of rotatable bonds is 2. The van der Waals surface area contributed by atoms with Gasteiger partial charge in [0.1, 0.15) is 5.75 Å². The van der Waals surface area contributed by atoms with Gasteiger partial charge in [-0.2, -0.15) is 0 Å². The van der Waals surface area contributed by atoms with Crippen molar-refractivity contribution in [2.24, 2.45) is 5.73 Å². The fraction of sp³-hybridized carbons (Fsp3) is 0.200. The van der Waals surface area contributed by atoms with Crippen LogP contribution in [0.15, 0.2) is 18.2 Å². The number of benzene rings is 1. The van der Waals surface area contributed by atoms with E-state index in [0.29, 0.717) is 11.3 Å². The van der Waals surface area contributed by atoms with Crippen molar-refractivity contribution in [1.29, 1.82) is 0 Å². The Morgan fingerprint density at radius 3 is 2.60 bits per heavy atom. The molecule has 0 saturated carbocycles. The summed E-state index contributed by atoms with van der Waals surface area (Å²) < 4.78 is 5.04. The first-order valence-corrected chi connectivity index (χ1v) is 4.30. The molecule has 1 aromatic rings. The monoisotopic (exact) mass is 208 g/mol. The second-order valence-electron chi connectivity index (χ2n) is 3.00. The molecule has 0 atom stereocenters. The predicted octanol–water partition coefficient (Wildman–Crippen LogP) is 0.812. The third-order valence-electron chi connectivity index (χ3n) is 1.91. The minimum Gasteiger partial charge on any atom is -0.496 e. The Balaban J connectivity index is 2.95. The van der Waals surface area contributed by atoms with Crippen LogP contribution in [-0.4, -0.2) is 19.0 Å². The standard InChI is InChI=1S/C10H12N2O3/c1-6-3-4-7(5-8(6)15-2)9(13)12-10(11)14/h3-5H,1-2H3,(H3,11,12,13,14). The molecule has 5 nitrogen and oxygen atoms in total. The Morgan fingerprint density at radius 1 is 1.40 bits per heavy atom. The number of nitrogens with one attached hydrogen (secondary N) is 1. The van der Waals surface area contributed by atoms with E-state index in [9.17, 15) is 9.59 Å². The Kier molecular flexibility index (Phi) is 3.28. The van der Waals surface area contributed by atoms with Crippen LogP contribution in [0.2, 0.25) is 0 Å². The van der Waals surface area contributed by atoms with Gasteiger partial charge in [-0.15, -0.1) is 0 Å². The molecule has 0 aliphatic heterocycles. The Hall–Kier alpha value is -2.04. The molecule has 5 heteroatoms. The van der Waals surface area contributed by atoms with Crippen LogP contribution in [0.5, 0.6) is 5.75 Å². The highest BCUT2D eigenvalue weighted by Gasteiger charge is 2.09. The highest BCUT2D eigenvalue weighted by atomic mass is 16.5. The number of hydrogen-bond donors (Lipinski definition) is 2. The van der Waals surface area contributed by atoms with Gasteiger partial charge in [0.2, 0.25) is 0 Å². The first kappa shape index (κ1) is 11.0. The lowest BCUT2D eigenvalue weighted by Crippen LogP contribution is -2.34. The molecule has 0 fully saturated rings. The van der Waals surface area contributed by atoms with E-state index in [1.807, 2.05) is 12.2 Å². The van der Waals surface area contributed by atoms with Gasteiger partial charge in [0.25, 0.3) is 5.91 Å². The van der Waals surface area contributed by atoms with Gasteiger partial charge >= 0.3 is 6.03 Å². The summed E-state index contributed by atoms with van der Waals surface area (Å²) in [5.74, 6) is 0.0490. The van der Waals surface area contributed by atoms with E-state index in [2.05, 4.69) is 0 Å². The number of primary amides is 1. The van der Waals surface area contributed by atoms with Crippen molar-refractivity contribution in [2.75, 3.05) is 7.11 Å². The number of methoxy groups -OCH3 is 1. The zero-order chi connectivity index (χ0) is 11.4. The molecule has 0 saturated heterocycles. The molecule has 3 N–H and O–H groups in total. The molecule has 1 rings (SSSR count). The van der Waals surface area contributed by atoms with E-state index in [0.717, 1.165) is 5.56 Å². The van der Waals surface area contributed by atoms with Crippen LogP contribution in [0.3, 0.4) is 0 Å². The number of imide groups is 1. The molecule has 3 amide bonds. The summed E-state index contributed by atoms with van der Waals surface area (Å²) >= 11 is 0. The summed E-state index contributed by atoms with van der Waals surface area (Å²) in [7, 11) is 1.51. The normalized spacial score (nSPS) is 9.47. The van der Waals surface area contributed by atoms with Crippen LogP contribution in [0.4, 0.5) is 4.79 Å². The number of aryl methyl sites for hydroxylation is 1. The third kappa shape index (κ3) is 2.70. The van der Waals surface area contributed by atoms with Crippen molar-refractivity contribution in [1.82, 2.24) is 5.32 Å². The largest absolute Gasteiger partial charge is 0.496 e. The maximum Gasteiger partial charge on any atom is 0.319 e. The molecule has 0 radical (unpaired) electrons. The van der Waals surface area contributed by atoms with Crippen molar-refractivity contribution in [3.8, 4) is 5.75 Å². The molecule has 0 spiro atoms. The smallest absolute Gasteiger partial charge is 0.319 e. The van der Waals surface area contributed by atoms with Crippen LogP contribution in [0.25, 0.3) is 0 Å². The van der Waals surface area contributed by atoms with Crippen molar-refractivity contribution < 1.29 is 14.3 Å². The van der Waals surface area contributed by atoms with E-state index >= 15 is 0 Å². The van der Waals surface area contributed by atoms with Gasteiger partial charge in [0, 0.05) is 5.56 Å². The molecule has 0 unspecified atom stereocenters. The maximum absolute atomic E-state index is 11.4. The summed E-state index contributed by atoms with van der Waals surface area (Å²) in [6.45, 7) is 1.86. The van der Waals surface area contributed by atoms with E-state index in [1.54, 1.807) is 18.2 Å². The van der Waals surface area contributed by atoms with E-state index < -0.39 is 11.9 Å². The SMILES string of the molecule is COc1cc(C(=O)NC(N)=O)ccc1C. The molecule has 0 aromatic heterocycles. The highest BCUT2D eigenvalue weighted by molar-refractivity contribution is 6.04. The number of urea groups is 1. The minimum absolute atomic E-state index is 0.330. The van der Waals surface area contributed by atoms with Crippen molar-refractivity contribution in [2.45, 2.75) is 6.92 Å². The second-order valence-corrected chi connectivity index (χ2v) is 3.00. The number of nitrogens with two attached hydrogens (primary N) is 1. The lowest BCUT2D eigenvalue weighted by atomic mass is 10.1. The summed E-state index contributed by atoms with van der Waals surface area (Å²) in [6.07, 6.45) is 0. The number of ether oxygens (including phenoxy) is 1. The molecule has 0 heterocycles. The van der Waals surface area contributed by atoms with Crippen LogP contribution < -0.4 is 15.8 Å². The van der Waals surface area contributed by atoms with Crippen molar-refractivity contribution in [3.63, 3.8) is 0 Å². The van der Waals surface area contributed by atoms with Gasteiger partial charge in [-0.25, -0.2) is 4.79 Å². The second kappa shape index (κ2) is 4.45. The van der Waals surface area contributed by atoms with Gasteiger partial charge in [0.15, 0.2) is 0 Å². The Bertz CT molecular complexity index is 402. The Morgan fingerprint density at radius 2 is 2.07 bits per heavy atom. The van der Waals surface area contributed by atoms with Gasteiger partial charge in [-0.05, 0) is 24.6 Å². The lowest BCUT2D eigenvalue weighted by molar-refractivity contribution is 0.0966. The van der Waals surface area contributed by atoms with Crippen LogP contribution in [0, 0.1) is 6.92 Å². The number of carbonyl (C=O) groups is 2. The minimum atomic E-state index is -0.875. The number of amides is 3. The Labute approximate surface area is 87.2 Å². The van der Waals surface area contributed by atoms with Gasteiger partial charge in [-0.1, -0.05) is 6.07 Å².